The van der Waals surface area contributed by atoms with E-state index in [-0.39, 0.29) is 12.2 Å². The molecule has 0 saturated carbocycles. The highest BCUT2D eigenvalue weighted by atomic mass is 19.1. The molecular formula is C15H14FN3O2. The average Bonchev–Trinajstić information content (AvgIpc) is 2.91. The zero-order chi connectivity index (χ0) is 14.8. The molecular weight excluding hydrogens is 273 g/mol. The second-order valence-electron chi connectivity index (χ2n) is 4.69. The number of aromatic nitrogens is 3. The fraction of sp³-hybridized carbons (Fsp3) is 0.200. The molecule has 108 valence electrons. The second kappa shape index (κ2) is 5.49. The van der Waals surface area contributed by atoms with Gasteiger partial charge in [0.05, 0.1) is 31.1 Å². The van der Waals surface area contributed by atoms with Gasteiger partial charge in [-0.2, -0.15) is 5.10 Å². The molecule has 2 aromatic heterocycles. The van der Waals surface area contributed by atoms with Crippen LogP contribution in [0.25, 0.3) is 5.52 Å². The van der Waals surface area contributed by atoms with Crippen molar-refractivity contribution in [2.45, 2.75) is 12.5 Å². The van der Waals surface area contributed by atoms with Crippen molar-refractivity contribution < 1.29 is 14.2 Å². The zero-order valence-corrected chi connectivity index (χ0v) is 11.4. The summed E-state index contributed by atoms with van der Waals surface area (Å²) in [5.41, 5.74) is 2.09. The smallest absolute Gasteiger partial charge is 0.165 e. The van der Waals surface area contributed by atoms with E-state index in [0.29, 0.717) is 11.1 Å². The monoisotopic (exact) mass is 287 g/mol. The lowest BCUT2D eigenvalue weighted by atomic mass is 10.0. The van der Waals surface area contributed by atoms with Gasteiger partial charge >= 0.3 is 0 Å². The number of aliphatic hydroxyl groups is 1. The van der Waals surface area contributed by atoms with Crippen molar-refractivity contribution >= 4 is 5.52 Å². The maximum atomic E-state index is 13.7. The average molecular weight is 287 g/mol. The molecule has 1 aromatic carbocycles. The van der Waals surface area contributed by atoms with E-state index in [9.17, 15) is 9.50 Å². The van der Waals surface area contributed by atoms with E-state index in [1.165, 1.54) is 13.2 Å². The third kappa shape index (κ3) is 2.57. The number of nitrogens with zero attached hydrogens (tertiary/aromatic N) is 3. The highest BCUT2D eigenvalue weighted by Crippen LogP contribution is 2.24. The number of hydrogen-bond donors (Lipinski definition) is 1. The van der Waals surface area contributed by atoms with E-state index >= 15 is 0 Å². The maximum Gasteiger partial charge on any atom is 0.165 e. The molecule has 3 aromatic rings. The zero-order valence-electron chi connectivity index (χ0n) is 11.4. The predicted octanol–water partition coefficient (Wildman–Crippen LogP) is 2.15. The quantitative estimate of drug-likeness (QED) is 0.799. The third-order valence-corrected chi connectivity index (χ3v) is 3.36. The van der Waals surface area contributed by atoms with E-state index < -0.39 is 11.9 Å². The molecule has 0 bridgehead atoms. The SMILES string of the molecule is COc1ccc(CC(O)c2cnn3ccncc23)cc1F. The summed E-state index contributed by atoms with van der Waals surface area (Å²) >= 11 is 0. The highest BCUT2D eigenvalue weighted by molar-refractivity contribution is 5.53. The van der Waals surface area contributed by atoms with Gasteiger partial charge in [0.2, 0.25) is 0 Å². The summed E-state index contributed by atoms with van der Waals surface area (Å²) in [6.45, 7) is 0. The van der Waals surface area contributed by atoms with Crippen molar-refractivity contribution in [1.29, 1.82) is 0 Å². The summed E-state index contributed by atoms with van der Waals surface area (Å²) in [7, 11) is 1.42. The first kappa shape index (κ1) is 13.5. The Balaban J connectivity index is 1.86. The van der Waals surface area contributed by atoms with Gasteiger partial charge in [-0.25, -0.2) is 8.91 Å². The number of methoxy groups -OCH3 is 1. The Morgan fingerprint density at radius 1 is 1.38 bits per heavy atom. The van der Waals surface area contributed by atoms with Crippen molar-refractivity contribution in [2.24, 2.45) is 0 Å². The van der Waals surface area contributed by atoms with Crippen molar-refractivity contribution in [3.63, 3.8) is 0 Å². The molecule has 0 fully saturated rings. The number of hydrogen-bond acceptors (Lipinski definition) is 4. The first-order chi connectivity index (χ1) is 10.2. The molecule has 2 heterocycles. The van der Waals surface area contributed by atoms with Crippen LogP contribution < -0.4 is 4.74 Å². The third-order valence-electron chi connectivity index (χ3n) is 3.36. The lowest BCUT2D eigenvalue weighted by Crippen LogP contribution is -2.02. The van der Waals surface area contributed by atoms with Crippen molar-refractivity contribution in [3.8, 4) is 5.75 Å². The van der Waals surface area contributed by atoms with E-state index in [2.05, 4.69) is 10.1 Å². The Hall–Kier alpha value is -2.47. The summed E-state index contributed by atoms with van der Waals surface area (Å²) in [6.07, 6.45) is 6.08. The van der Waals surface area contributed by atoms with Crippen LogP contribution in [0.5, 0.6) is 5.75 Å². The summed E-state index contributed by atoms with van der Waals surface area (Å²) in [5, 5.41) is 14.5. The molecule has 0 radical (unpaired) electrons. The van der Waals surface area contributed by atoms with Gasteiger partial charge in [-0.05, 0) is 17.7 Å². The van der Waals surface area contributed by atoms with Crippen molar-refractivity contribution in [2.75, 3.05) is 7.11 Å². The normalized spacial score (nSPS) is 12.5. The highest BCUT2D eigenvalue weighted by Gasteiger charge is 2.15. The molecule has 1 N–H and O–H groups in total. The van der Waals surface area contributed by atoms with Gasteiger partial charge < -0.3 is 9.84 Å². The lowest BCUT2D eigenvalue weighted by Gasteiger charge is -2.10. The Kier molecular flexibility index (Phi) is 3.53. The summed E-state index contributed by atoms with van der Waals surface area (Å²) in [5.74, 6) is -0.253. The fourth-order valence-electron chi connectivity index (χ4n) is 2.28. The van der Waals surface area contributed by atoms with Crippen LogP contribution >= 0.6 is 0 Å². The number of halogens is 1. The molecule has 3 rings (SSSR count). The minimum atomic E-state index is -0.778. The molecule has 6 heteroatoms. The summed E-state index contributed by atoms with van der Waals surface area (Å²) in [4.78, 5) is 4.02. The second-order valence-corrected chi connectivity index (χ2v) is 4.69. The molecule has 0 aliphatic carbocycles. The van der Waals surface area contributed by atoms with Crippen LogP contribution in [0, 0.1) is 5.82 Å². The van der Waals surface area contributed by atoms with Crippen LogP contribution in [0.3, 0.4) is 0 Å². The fourth-order valence-corrected chi connectivity index (χ4v) is 2.28. The molecule has 0 aliphatic heterocycles. The van der Waals surface area contributed by atoms with Gasteiger partial charge in [-0.15, -0.1) is 0 Å². The van der Waals surface area contributed by atoms with Crippen LogP contribution in [0.2, 0.25) is 0 Å². The maximum absolute atomic E-state index is 13.7. The van der Waals surface area contributed by atoms with Gasteiger partial charge in [-0.1, -0.05) is 6.07 Å². The molecule has 0 spiro atoms. The number of rotatable bonds is 4. The minimum absolute atomic E-state index is 0.188. The molecule has 21 heavy (non-hydrogen) atoms. The van der Waals surface area contributed by atoms with E-state index in [0.717, 1.165) is 5.52 Å². The van der Waals surface area contributed by atoms with Gasteiger partial charge in [0.15, 0.2) is 11.6 Å². The Bertz CT molecular complexity index is 772. The Morgan fingerprint density at radius 2 is 2.24 bits per heavy atom. The van der Waals surface area contributed by atoms with E-state index in [1.54, 1.807) is 41.4 Å². The summed E-state index contributed by atoms with van der Waals surface area (Å²) < 4.78 is 20.2. The van der Waals surface area contributed by atoms with Gasteiger partial charge in [-0.3, -0.25) is 4.98 Å². The van der Waals surface area contributed by atoms with Crippen LogP contribution in [-0.4, -0.2) is 26.8 Å². The Labute approximate surface area is 120 Å². The molecule has 1 atom stereocenters. The van der Waals surface area contributed by atoms with Crippen molar-refractivity contribution in [1.82, 2.24) is 14.6 Å². The van der Waals surface area contributed by atoms with Crippen LogP contribution in [0.15, 0.2) is 43.0 Å². The van der Waals surface area contributed by atoms with Gasteiger partial charge in [0.1, 0.15) is 0 Å². The van der Waals surface area contributed by atoms with E-state index in [1.807, 2.05) is 0 Å². The lowest BCUT2D eigenvalue weighted by molar-refractivity contribution is 0.180. The van der Waals surface area contributed by atoms with Crippen LogP contribution in [-0.2, 0) is 6.42 Å². The molecule has 0 amide bonds. The number of benzene rings is 1. The predicted molar refractivity (Wildman–Crippen MR) is 74.6 cm³/mol. The molecule has 0 aliphatic rings. The number of fused-ring (bicyclic) bond motifs is 1. The first-order valence-corrected chi connectivity index (χ1v) is 6.47. The molecule has 1 unspecified atom stereocenters. The topological polar surface area (TPSA) is 59.7 Å². The van der Waals surface area contributed by atoms with Gasteiger partial charge in [0, 0.05) is 24.4 Å². The largest absolute Gasteiger partial charge is 0.494 e. The van der Waals surface area contributed by atoms with Crippen molar-refractivity contribution in [3.05, 3.63) is 59.9 Å². The van der Waals surface area contributed by atoms with E-state index in [4.69, 9.17) is 4.74 Å². The summed E-state index contributed by atoms with van der Waals surface area (Å²) in [6, 6.07) is 4.65. The number of aliphatic hydroxyl groups excluding tert-OH is 1. The van der Waals surface area contributed by atoms with Crippen LogP contribution in [0.4, 0.5) is 4.39 Å². The first-order valence-electron chi connectivity index (χ1n) is 6.47. The molecule has 0 saturated heterocycles. The number of ether oxygens (including phenoxy) is 1. The minimum Gasteiger partial charge on any atom is -0.494 e. The van der Waals surface area contributed by atoms with Gasteiger partial charge in [0.25, 0.3) is 0 Å². The molecule has 5 nitrogen and oxygen atoms in total. The Morgan fingerprint density at radius 3 is 3.00 bits per heavy atom. The standard InChI is InChI=1S/C15H14FN3O2/c1-21-15-3-2-10(6-12(15)16)7-14(20)11-8-18-19-5-4-17-9-13(11)19/h2-6,8-9,14,20H,7H2,1H3. The van der Waals surface area contributed by atoms with Crippen LogP contribution in [0.1, 0.15) is 17.2 Å².